The fourth-order valence-electron chi connectivity index (χ4n) is 5.07. The normalized spacial score (nSPS) is 16.1. The average molecular weight is 472 g/mol. The van der Waals surface area contributed by atoms with Crippen molar-refractivity contribution < 1.29 is 19.4 Å². The van der Waals surface area contributed by atoms with Crippen molar-refractivity contribution >= 4 is 17.6 Å². The lowest BCUT2D eigenvalue weighted by molar-refractivity contribution is 0.0696. The molecule has 0 spiro atoms. The highest BCUT2D eigenvalue weighted by Gasteiger charge is 2.45. The number of benzene rings is 3. The summed E-state index contributed by atoms with van der Waals surface area (Å²) in [7, 11) is 0. The molecule has 1 unspecified atom stereocenters. The van der Waals surface area contributed by atoms with Gasteiger partial charge in [-0.15, -0.1) is 0 Å². The van der Waals surface area contributed by atoms with Crippen LogP contribution in [-0.2, 0) is 0 Å². The van der Waals surface area contributed by atoms with E-state index in [4.69, 9.17) is 9.84 Å². The predicted molar refractivity (Wildman–Crippen MR) is 139 cm³/mol. The van der Waals surface area contributed by atoms with Crippen LogP contribution in [0.2, 0.25) is 0 Å². The number of carboxylic acid groups (broad SMARTS) is 1. The number of carbonyl (C=O) groups is 2. The fourth-order valence-corrected chi connectivity index (χ4v) is 5.07. The number of carbonyl (C=O) groups excluding carboxylic acids is 1. The Morgan fingerprint density at radius 2 is 1.46 bits per heavy atom. The van der Waals surface area contributed by atoms with E-state index in [9.17, 15) is 9.59 Å². The van der Waals surface area contributed by atoms with Crippen LogP contribution >= 0.6 is 0 Å². The predicted octanol–water partition coefficient (Wildman–Crippen LogP) is 6.99. The van der Waals surface area contributed by atoms with Gasteiger partial charge in [-0.2, -0.15) is 0 Å². The van der Waals surface area contributed by atoms with Gasteiger partial charge in [0, 0.05) is 16.8 Å². The second-order valence-electron chi connectivity index (χ2n) is 10.3. The van der Waals surface area contributed by atoms with Crippen LogP contribution < -0.4 is 10.1 Å². The first-order valence-corrected chi connectivity index (χ1v) is 12.0. The van der Waals surface area contributed by atoms with E-state index in [1.807, 2.05) is 20.8 Å². The molecule has 3 aromatic carbocycles. The second-order valence-corrected chi connectivity index (χ2v) is 10.3. The first-order chi connectivity index (χ1) is 16.4. The standard InChI is InChI=1S/C30H33NO4/c1-16(2)20-8-10-21(11-9-20)25-24-19(5)26(17(3)18(4)27(24)35-30(25,6)7)31-28(32)22-12-14-23(15-13-22)29(33)34/h8-16,25H,1-7H3,(H,31,32)(H,33,34). The van der Waals surface area contributed by atoms with Crippen molar-refractivity contribution in [1.82, 2.24) is 0 Å². The third-order valence-electron chi connectivity index (χ3n) is 7.22. The van der Waals surface area contributed by atoms with Gasteiger partial charge in [0.15, 0.2) is 0 Å². The number of amides is 1. The van der Waals surface area contributed by atoms with Crippen molar-refractivity contribution in [2.75, 3.05) is 5.32 Å². The van der Waals surface area contributed by atoms with Gasteiger partial charge in [0.05, 0.1) is 11.5 Å². The van der Waals surface area contributed by atoms with Gasteiger partial charge < -0.3 is 15.2 Å². The van der Waals surface area contributed by atoms with Crippen LogP contribution in [-0.4, -0.2) is 22.6 Å². The Morgan fingerprint density at radius 3 is 2.00 bits per heavy atom. The Bertz CT molecular complexity index is 1300. The Morgan fingerprint density at radius 1 is 0.886 bits per heavy atom. The lowest BCUT2D eigenvalue weighted by atomic mass is 9.78. The maximum absolute atomic E-state index is 13.1. The van der Waals surface area contributed by atoms with Crippen LogP contribution in [0.5, 0.6) is 5.75 Å². The highest BCUT2D eigenvalue weighted by molar-refractivity contribution is 6.06. The van der Waals surface area contributed by atoms with Gasteiger partial charge in [-0.05, 0) is 92.6 Å². The molecule has 182 valence electrons. The largest absolute Gasteiger partial charge is 0.486 e. The van der Waals surface area contributed by atoms with E-state index in [-0.39, 0.29) is 17.4 Å². The highest BCUT2D eigenvalue weighted by Crippen LogP contribution is 2.53. The number of rotatable bonds is 5. The molecule has 1 aliphatic rings. The van der Waals surface area contributed by atoms with Crippen molar-refractivity contribution in [2.24, 2.45) is 0 Å². The summed E-state index contributed by atoms with van der Waals surface area (Å²) < 4.78 is 6.54. The molecule has 5 heteroatoms. The zero-order valence-electron chi connectivity index (χ0n) is 21.4. The monoisotopic (exact) mass is 471 g/mol. The number of aromatic carboxylic acids is 1. The van der Waals surface area contributed by atoms with Gasteiger partial charge in [-0.25, -0.2) is 4.79 Å². The minimum absolute atomic E-state index is 0.0171. The molecule has 0 aromatic heterocycles. The molecule has 1 amide bonds. The molecular formula is C30H33NO4. The molecule has 1 aliphatic heterocycles. The molecule has 35 heavy (non-hydrogen) atoms. The smallest absolute Gasteiger partial charge is 0.335 e. The third kappa shape index (κ3) is 4.31. The number of fused-ring (bicyclic) bond motifs is 1. The number of anilines is 1. The van der Waals surface area contributed by atoms with Crippen LogP contribution in [0, 0.1) is 20.8 Å². The van der Waals surface area contributed by atoms with E-state index in [1.165, 1.54) is 35.4 Å². The first-order valence-electron chi connectivity index (χ1n) is 12.0. The van der Waals surface area contributed by atoms with E-state index < -0.39 is 11.6 Å². The molecule has 1 heterocycles. The number of ether oxygens (including phenoxy) is 1. The van der Waals surface area contributed by atoms with Crippen LogP contribution in [0.3, 0.4) is 0 Å². The molecule has 0 bridgehead atoms. The minimum Gasteiger partial charge on any atom is -0.486 e. The summed E-state index contributed by atoms with van der Waals surface area (Å²) in [5.74, 6) is 0.0777. The summed E-state index contributed by atoms with van der Waals surface area (Å²) in [6, 6.07) is 14.7. The third-order valence-corrected chi connectivity index (χ3v) is 7.22. The maximum Gasteiger partial charge on any atom is 0.335 e. The molecular weight excluding hydrogens is 438 g/mol. The van der Waals surface area contributed by atoms with Crippen LogP contribution in [0.4, 0.5) is 5.69 Å². The topological polar surface area (TPSA) is 75.6 Å². The van der Waals surface area contributed by atoms with E-state index in [0.717, 1.165) is 33.7 Å². The van der Waals surface area contributed by atoms with Crippen molar-refractivity contribution in [3.63, 3.8) is 0 Å². The van der Waals surface area contributed by atoms with E-state index in [2.05, 4.69) is 57.3 Å². The Hall–Kier alpha value is -3.60. The quantitative estimate of drug-likeness (QED) is 0.420. The van der Waals surface area contributed by atoms with E-state index in [1.54, 1.807) is 0 Å². The van der Waals surface area contributed by atoms with Crippen molar-refractivity contribution in [3.8, 4) is 5.75 Å². The summed E-state index contributed by atoms with van der Waals surface area (Å²) in [5, 5.41) is 12.2. The van der Waals surface area contributed by atoms with Gasteiger partial charge in [0.2, 0.25) is 0 Å². The number of carboxylic acids is 1. The zero-order valence-corrected chi connectivity index (χ0v) is 21.4. The summed E-state index contributed by atoms with van der Waals surface area (Å²) in [4.78, 5) is 24.2. The highest BCUT2D eigenvalue weighted by atomic mass is 16.5. The van der Waals surface area contributed by atoms with Crippen LogP contribution in [0.25, 0.3) is 0 Å². The lowest BCUT2D eigenvalue weighted by Crippen LogP contribution is -2.31. The number of hydrogen-bond donors (Lipinski definition) is 2. The van der Waals surface area contributed by atoms with Crippen molar-refractivity contribution in [3.05, 3.63) is 93.0 Å². The second kappa shape index (κ2) is 8.88. The van der Waals surface area contributed by atoms with Gasteiger partial charge in [0.1, 0.15) is 11.4 Å². The summed E-state index contributed by atoms with van der Waals surface area (Å²) in [6.45, 7) is 14.7. The molecule has 0 aliphatic carbocycles. The summed E-state index contributed by atoms with van der Waals surface area (Å²) in [6.07, 6.45) is 0. The summed E-state index contributed by atoms with van der Waals surface area (Å²) in [5.41, 5.74) is 7.43. The van der Waals surface area contributed by atoms with Gasteiger partial charge in [-0.1, -0.05) is 38.1 Å². The van der Waals surface area contributed by atoms with Crippen molar-refractivity contribution in [1.29, 1.82) is 0 Å². The summed E-state index contributed by atoms with van der Waals surface area (Å²) >= 11 is 0. The van der Waals surface area contributed by atoms with Crippen molar-refractivity contribution in [2.45, 2.75) is 65.9 Å². The van der Waals surface area contributed by atoms with E-state index >= 15 is 0 Å². The molecule has 0 saturated heterocycles. The molecule has 4 rings (SSSR count). The molecule has 0 saturated carbocycles. The van der Waals surface area contributed by atoms with Gasteiger partial charge >= 0.3 is 5.97 Å². The molecule has 2 N–H and O–H groups in total. The first kappa shape index (κ1) is 24.5. The SMILES string of the molecule is Cc1c(C)c2c(c(C)c1NC(=O)c1ccc(C(=O)O)cc1)C(c1ccc(C(C)C)cc1)C(C)(C)O2. The number of nitrogens with one attached hydrogen (secondary N) is 1. The molecule has 0 fully saturated rings. The fraction of sp³-hybridized carbons (Fsp3) is 0.333. The van der Waals surface area contributed by atoms with Gasteiger partial charge in [-0.3, -0.25) is 4.79 Å². The molecule has 5 nitrogen and oxygen atoms in total. The molecule has 0 radical (unpaired) electrons. The minimum atomic E-state index is -1.02. The van der Waals surface area contributed by atoms with Gasteiger partial charge in [0.25, 0.3) is 5.91 Å². The maximum atomic E-state index is 13.1. The zero-order chi connectivity index (χ0) is 25.7. The molecule has 1 atom stereocenters. The average Bonchev–Trinajstić information content (AvgIpc) is 3.11. The molecule has 3 aromatic rings. The lowest BCUT2D eigenvalue weighted by Gasteiger charge is -2.27. The van der Waals surface area contributed by atoms with Crippen LogP contribution in [0.15, 0.2) is 48.5 Å². The Balaban J connectivity index is 1.77. The van der Waals surface area contributed by atoms with E-state index in [0.29, 0.717) is 11.5 Å². The Kier molecular flexibility index (Phi) is 6.22. The number of hydrogen-bond acceptors (Lipinski definition) is 3. The Labute approximate surface area is 207 Å². The van der Waals surface area contributed by atoms with Crippen LogP contribution in [0.1, 0.15) is 93.6 Å².